The number of hydrogen-bond donors (Lipinski definition) is 2. The van der Waals surface area contributed by atoms with Crippen LogP contribution in [0.5, 0.6) is 11.5 Å². The Balaban J connectivity index is 1.75. The van der Waals surface area contributed by atoms with Gasteiger partial charge in [0.25, 0.3) is 5.91 Å². The van der Waals surface area contributed by atoms with Crippen LogP contribution in [0.1, 0.15) is 15.9 Å². The number of aromatic nitrogens is 1. The largest absolute Gasteiger partial charge is 0.496 e. The Morgan fingerprint density at radius 2 is 1.63 bits per heavy atom. The van der Waals surface area contributed by atoms with Crippen molar-refractivity contribution in [1.29, 1.82) is 0 Å². The maximum atomic E-state index is 12.7. The third kappa shape index (κ3) is 4.17. The minimum Gasteiger partial charge on any atom is -0.496 e. The van der Waals surface area contributed by atoms with Gasteiger partial charge in [-0.2, -0.15) is 0 Å². The molecule has 1 amide bonds. The van der Waals surface area contributed by atoms with E-state index in [9.17, 15) is 4.79 Å². The van der Waals surface area contributed by atoms with Crippen LogP contribution >= 0.6 is 0 Å². The Morgan fingerprint density at radius 3 is 2.22 bits per heavy atom. The Morgan fingerprint density at radius 1 is 0.926 bits per heavy atom. The van der Waals surface area contributed by atoms with Gasteiger partial charge in [-0.3, -0.25) is 4.79 Å². The first-order valence-corrected chi connectivity index (χ1v) is 8.43. The Kier molecular flexibility index (Phi) is 5.56. The first-order valence-electron chi connectivity index (χ1n) is 8.43. The van der Waals surface area contributed by atoms with Gasteiger partial charge in [0.05, 0.1) is 26.1 Å². The third-order valence-electron chi connectivity index (χ3n) is 4.08. The zero-order chi connectivity index (χ0) is 19.2. The molecular formula is C21H21N3O3. The average molecular weight is 363 g/mol. The molecule has 1 aromatic heterocycles. The fraction of sp³-hybridized carbons (Fsp3) is 0.143. The number of amides is 1. The van der Waals surface area contributed by atoms with E-state index in [0.29, 0.717) is 22.9 Å². The fourth-order valence-corrected chi connectivity index (χ4v) is 2.66. The van der Waals surface area contributed by atoms with E-state index in [1.165, 1.54) is 14.2 Å². The van der Waals surface area contributed by atoms with Gasteiger partial charge in [0.1, 0.15) is 22.9 Å². The first kappa shape index (κ1) is 18.3. The van der Waals surface area contributed by atoms with Gasteiger partial charge in [-0.15, -0.1) is 0 Å². The second-order valence-electron chi connectivity index (χ2n) is 5.86. The average Bonchev–Trinajstić information content (AvgIpc) is 2.70. The maximum absolute atomic E-state index is 12.7. The summed E-state index contributed by atoms with van der Waals surface area (Å²) in [4.78, 5) is 17.0. The molecule has 0 saturated heterocycles. The van der Waals surface area contributed by atoms with E-state index in [2.05, 4.69) is 15.6 Å². The smallest absolute Gasteiger partial charge is 0.264 e. The molecule has 0 saturated carbocycles. The number of ether oxygens (including phenoxy) is 2. The number of carbonyl (C=O) groups excluding carboxylic acids is 1. The lowest BCUT2D eigenvalue weighted by Gasteiger charge is -2.13. The predicted octanol–water partition coefficient (Wildman–Crippen LogP) is 4.40. The number of methoxy groups -OCH3 is 2. The number of benzene rings is 2. The molecule has 2 aromatic carbocycles. The highest BCUT2D eigenvalue weighted by atomic mass is 16.5. The molecule has 0 atom stereocenters. The lowest BCUT2D eigenvalue weighted by atomic mass is 10.1. The number of anilines is 3. The van der Waals surface area contributed by atoms with Crippen molar-refractivity contribution in [2.75, 3.05) is 24.9 Å². The van der Waals surface area contributed by atoms with Crippen molar-refractivity contribution < 1.29 is 14.3 Å². The zero-order valence-electron chi connectivity index (χ0n) is 15.4. The molecule has 138 valence electrons. The molecule has 0 unspecified atom stereocenters. The molecule has 27 heavy (non-hydrogen) atoms. The van der Waals surface area contributed by atoms with Crippen molar-refractivity contribution in [2.24, 2.45) is 0 Å². The number of carbonyl (C=O) groups is 1. The van der Waals surface area contributed by atoms with Crippen LogP contribution in [-0.2, 0) is 0 Å². The van der Waals surface area contributed by atoms with Crippen LogP contribution in [0.2, 0.25) is 0 Å². The Hall–Kier alpha value is -3.54. The second-order valence-corrected chi connectivity index (χ2v) is 5.86. The quantitative estimate of drug-likeness (QED) is 0.679. The molecule has 0 spiro atoms. The minimum absolute atomic E-state index is 0.325. The van der Waals surface area contributed by atoms with Crippen LogP contribution in [0.4, 0.5) is 17.2 Å². The lowest BCUT2D eigenvalue weighted by Crippen LogP contribution is -2.15. The number of para-hydroxylation sites is 1. The monoisotopic (exact) mass is 363 g/mol. The maximum Gasteiger partial charge on any atom is 0.264 e. The molecule has 3 rings (SSSR count). The van der Waals surface area contributed by atoms with Crippen LogP contribution < -0.4 is 20.1 Å². The highest BCUT2D eigenvalue weighted by Crippen LogP contribution is 2.29. The molecule has 0 radical (unpaired) electrons. The van der Waals surface area contributed by atoms with Gasteiger partial charge in [-0.25, -0.2) is 4.98 Å². The van der Waals surface area contributed by atoms with Gasteiger partial charge in [0, 0.05) is 5.69 Å². The summed E-state index contributed by atoms with van der Waals surface area (Å²) in [7, 11) is 3.02. The molecule has 3 aromatic rings. The summed E-state index contributed by atoms with van der Waals surface area (Å²) in [6.07, 6.45) is 1.67. The first-order chi connectivity index (χ1) is 13.1. The lowest BCUT2D eigenvalue weighted by molar-refractivity contribution is 0.102. The van der Waals surface area contributed by atoms with Crippen LogP contribution in [0.3, 0.4) is 0 Å². The third-order valence-corrected chi connectivity index (χ3v) is 4.08. The number of rotatable bonds is 6. The van der Waals surface area contributed by atoms with E-state index < -0.39 is 0 Å². The van der Waals surface area contributed by atoms with Crippen molar-refractivity contribution in [1.82, 2.24) is 4.98 Å². The molecule has 1 heterocycles. The summed E-state index contributed by atoms with van der Waals surface area (Å²) in [5.74, 6) is 0.953. The van der Waals surface area contributed by atoms with E-state index in [-0.39, 0.29) is 5.91 Å². The van der Waals surface area contributed by atoms with E-state index in [0.717, 1.165) is 16.9 Å². The topological polar surface area (TPSA) is 72.5 Å². The second kappa shape index (κ2) is 8.23. The summed E-state index contributed by atoms with van der Waals surface area (Å²) in [5.41, 5.74) is 3.30. The molecule has 0 bridgehead atoms. The van der Waals surface area contributed by atoms with Crippen molar-refractivity contribution >= 4 is 23.1 Å². The summed E-state index contributed by atoms with van der Waals surface area (Å²) in [5, 5.41) is 6.08. The normalized spacial score (nSPS) is 10.2. The van der Waals surface area contributed by atoms with Crippen molar-refractivity contribution in [3.8, 4) is 11.5 Å². The molecule has 6 nitrogen and oxygen atoms in total. The number of hydrogen-bond acceptors (Lipinski definition) is 5. The van der Waals surface area contributed by atoms with Gasteiger partial charge < -0.3 is 20.1 Å². The summed E-state index contributed by atoms with van der Waals surface area (Å²) in [6, 6.07) is 16.8. The Bertz CT molecular complexity index is 917. The van der Waals surface area contributed by atoms with Gasteiger partial charge in [-0.1, -0.05) is 24.3 Å². The van der Waals surface area contributed by atoms with E-state index in [1.54, 1.807) is 30.5 Å². The summed E-state index contributed by atoms with van der Waals surface area (Å²) < 4.78 is 10.5. The SMILES string of the molecule is COc1cccc(OC)c1C(=O)Nc1ccc(Nc2ccccc2C)cn1. The van der Waals surface area contributed by atoms with Gasteiger partial charge in [0.15, 0.2) is 0 Å². The van der Waals surface area contributed by atoms with Gasteiger partial charge in [0.2, 0.25) is 0 Å². The van der Waals surface area contributed by atoms with Crippen LogP contribution in [0, 0.1) is 6.92 Å². The van der Waals surface area contributed by atoms with Crippen LogP contribution in [0.25, 0.3) is 0 Å². The van der Waals surface area contributed by atoms with Crippen LogP contribution in [0.15, 0.2) is 60.8 Å². The van der Waals surface area contributed by atoms with Crippen molar-refractivity contribution in [2.45, 2.75) is 6.92 Å². The molecule has 0 fully saturated rings. The molecule has 6 heteroatoms. The summed E-state index contributed by atoms with van der Waals surface area (Å²) >= 11 is 0. The number of pyridine rings is 1. The van der Waals surface area contributed by atoms with E-state index >= 15 is 0 Å². The van der Waals surface area contributed by atoms with E-state index in [4.69, 9.17) is 9.47 Å². The molecule has 0 aliphatic rings. The number of nitrogens with one attached hydrogen (secondary N) is 2. The summed E-state index contributed by atoms with van der Waals surface area (Å²) in [6.45, 7) is 2.03. The minimum atomic E-state index is -0.351. The fourth-order valence-electron chi connectivity index (χ4n) is 2.66. The van der Waals surface area contributed by atoms with Gasteiger partial charge in [-0.05, 0) is 42.8 Å². The number of aryl methyl sites for hydroxylation is 1. The highest BCUT2D eigenvalue weighted by Gasteiger charge is 2.18. The van der Waals surface area contributed by atoms with Crippen LogP contribution in [-0.4, -0.2) is 25.1 Å². The zero-order valence-corrected chi connectivity index (χ0v) is 15.4. The predicted molar refractivity (Wildman–Crippen MR) is 106 cm³/mol. The Labute approximate surface area is 158 Å². The highest BCUT2D eigenvalue weighted by molar-refractivity contribution is 6.07. The van der Waals surface area contributed by atoms with Crippen molar-refractivity contribution in [3.63, 3.8) is 0 Å². The van der Waals surface area contributed by atoms with E-state index in [1.807, 2.05) is 37.3 Å². The number of nitrogens with zero attached hydrogens (tertiary/aromatic N) is 1. The molecular weight excluding hydrogens is 342 g/mol. The van der Waals surface area contributed by atoms with Crippen molar-refractivity contribution in [3.05, 3.63) is 71.9 Å². The standard InChI is InChI=1S/C21H21N3O3/c1-14-7-4-5-8-16(14)23-15-11-12-19(22-13-15)24-21(25)20-17(26-2)9-6-10-18(20)27-3/h4-13,23H,1-3H3,(H,22,24,25). The molecule has 0 aliphatic carbocycles. The molecule has 0 aliphatic heterocycles. The molecule has 2 N–H and O–H groups in total. The van der Waals surface area contributed by atoms with Gasteiger partial charge >= 0.3 is 0 Å².